The van der Waals surface area contributed by atoms with Crippen molar-refractivity contribution in [3.63, 3.8) is 0 Å². The molecule has 0 aromatic carbocycles. The minimum atomic E-state index is -0.280. The summed E-state index contributed by atoms with van der Waals surface area (Å²) in [5, 5.41) is 10.7. The molecule has 2 aromatic heterocycles. The van der Waals surface area contributed by atoms with Crippen LogP contribution >= 0.6 is 11.3 Å². The Balaban J connectivity index is 1.93. The zero-order valence-electron chi connectivity index (χ0n) is 9.01. The molecule has 6 nitrogen and oxygen atoms in total. The molecule has 0 spiro atoms. The summed E-state index contributed by atoms with van der Waals surface area (Å²) >= 11 is 1.56. The van der Waals surface area contributed by atoms with Crippen LogP contribution in [0.5, 0.6) is 6.01 Å². The maximum atomic E-state index is 11.5. The molecule has 2 N–H and O–H groups in total. The van der Waals surface area contributed by atoms with Gasteiger partial charge in [0.15, 0.2) is 0 Å². The number of aromatic nitrogens is 3. The normalized spacial score (nSPS) is 10.6. The SMILES string of the molecule is COc1n[nH]c(NC(=O)/C=C/c2cccs2)n1. The van der Waals surface area contributed by atoms with Crippen LogP contribution < -0.4 is 10.1 Å². The molecule has 17 heavy (non-hydrogen) atoms. The second kappa shape index (κ2) is 5.26. The first-order valence-electron chi connectivity index (χ1n) is 4.77. The second-order valence-electron chi connectivity index (χ2n) is 3.01. The van der Waals surface area contributed by atoms with Gasteiger partial charge in [0.1, 0.15) is 0 Å². The molecular formula is C10H10N4O2S. The van der Waals surface area contributed by atoms with E-state index >= 15 is 0 Å². The van der Waals surface area contributed by atoms with Crippen LogP contribution in [0.2, 0.25) is 0 Å². The van der Waals surface area contributed by atoms with E-state index in [0.717, 1.165) is 4.88 Å². The van der Waals surface area contributed by atoms with Crippen molar-refractivity contribution in [2.45, 2.75) is 0 Å². The van der Waals surface area contributed by atoms with Crippen molar-refractivity contribution in [2.24, 2.45) is 0 Å². The predicted octanol–water partition coefficient (Wildman–Crippen LogP) is 1.53. The highest BCUT2D eigenvalue weighted by atomic mass is 32.1. The average molecular weight is 250 g/mol. The summed E-state index contributed by atoms with van der Waals surface area (Å²) in [4.78, 5) is 16.4. The third-order valence-corrected chi connectivity index (χ3v) is 2.67. The molecular weight excluding hydrogens is 240 g/mol. The Morgan fingerprint density at radius 1 is 1.65 bits per heavy atom. The lowest BCUT2D eigenvalue weighted by atomic mass is 10.4. The Morgan fingerprint density at radius 2 is 2.53 bits per heavy atom. The smallest absolute Gasteiger partial charge is 0.336 e. The number of carbonyl (C=O) groups is 1. The molecule has 1 amide bonds. The van der Waals surface area contributed by atoms with E-state index in [1.165, 1.54) is 13.2 Å². The average Bonchev–Trinajstić information content (AvgIpc) is 2.97. The molecule has 0 bridgehead atoms. The number of H-pyrrole nitrogens is 1. The number of nitrogens with one attached hydrogen (secondary N) is 2. The molecule has 2 rings (SSSR count). The van der Waals surface area contributed by atoms with Crippen molar-refractivity contribution in [3.05, 3.63) is 28.5 Å². The lowest BCUT2D eigenvalue weighted by molar-refractivity contribution is -0.111. The molecule has 0 aliphatic rings. The van der Waals surface area contributed by atoms with E-state index in [1.807, 2.05) is 17.5 Å². The van der Waals surface area contributed by atoms with Gasteiger partial charge in [0.25, 0.3) is 5.91 Å². The van der Waals surface area contributed by atoms with Crippen LogP contribution in [-0.2, 0) is 4.79 Å². The number of aromatic amines is 1. The molecule has 2 heterocycles. The lowest BCUT2D eigenvalue weighted by Crippen LogP contribution is -2.08. The summed E-state index contributed by atoms with van der Waals surface area (Å²) < 4.78 is 4.77. The summed E-state index contributed by atoms with van der Waals surface area (Å²) in [7, 11) is 1.45. The van der Waals surface area contributed by atoms with Crippen molar-refractivity contribution >= 4 is 29.3 Å². The van der Waals surface area contributed by atoms with Crippen LogP contribution in [0.15, 0.2) is 23.6 Å². The Kier molecular flexibility index (Phi) is 3.51. The fourth-order valence-corrected chi connectivity index (χ4v) is 1.71. The summed E-state index contributed by atoms with van der Waals surface area (Å²) in [6, 6.07) is 4.03. The van der Waals surface area contributed by atoms with E-state index in [2.05, 4.69) is 20.5 Å². The van der Waals surface area contributed by atoms with Gasteiger partial charge in [0.05, 0.1) is 7.11 Å². The molecule has 0 aliphatic heterocycles. The minimum Gasteiger partial charge on any atom is -0.466 e. The van der Waals surface area contributed by atoms with E-state index in [1.54, 1.807) is 17.4 Å². The van der Waals surface area contributed by atoms with Crippen LogP contribution in [0.1, 0.15) is 4.88 Å². The van der Waals surface area contributed by atoms with E-state index in [-0.39, 0.29) is 17.9 Å². The Hall–Kier alpha value is -2.15. The highest BCUT2D eigenvalue weighted by Crippen LogP contribution is 2.10. The molecule has 0 unspecified atom stereocenters. The second-order valence-corrected chi connectivity index (χ2v) is 3.99. The van der Waals surface area contributed by atoms with Gasteiger partial charge in [-0.3, -0.25) is 10.1 Å². The summed E-state index contributed by atoms with van der Waals surface area (Å²) in [5.74, 6) is -0.0279. The molecule has 0 radical (unpaired) electrons. The first-order chi connectivity index (χ1) is 8.28. The van der Waals surface area contributed by atoms with Crippen LogP contribution in [0.3, 0.4) is 0 Å². The zero-order valence-corrected chi connectivity index (χ0v) is 9.82. The van der Waals surface area contributed by atoms with Gasteiger partial charge < -0.3 is 4.74 Å². The predicted molar refractivity (Wildman–Crippen MR) is 64.9 cm³/mol. The number of nitrogens with zero attached hydrogens (tertiary/aromatic N) is 2. The Bertz CT molecular complexity index is 518. The van der Waals surface area contributed by atoms with Gasteiger partial charge in [-0.15, -0.1) is 16.4 Å². The number of amides is 1. The van der Waals surface area contributed by atoms with E-state index in [9.17, 15) is 4.79 Å². The largest absolute Gasteiger partial charge is 0.466 e. The maximum Gasteiger partial charge on any atom is 0.336 e. The third kappa shape index (κ3) is 3.15. The summed E-state index contributed by atoms with van der Waals surface area (Å²) in [5.41, 5.74) is 0. The first-order valence-corrected chi connectivity index (χ1v) is 5.65. The number of anilines is 1. The lowest BCUT2D eigenvalue weighted by Gasteiger charge is -1.94. The van der Waals surface area contributed by atoms with Gasteiger partial charge >= 0.3 is 6.01 Å². The molecule has 7 heteroatoms. The highest BCUT2D eigenvalue weighted by molar-refractivity contribution is 7.10. The standard InChI is InChI=1S/C10H10N4O2S/c1-16-10-12-9(13-14-10)11-8(15)5-4-7-3-2-6-17-7/h2-6H,1H3,(H2,11,12,13,14,15)/b5-4+. The van der Waals surface area contributed by atoms with Crippen molar-refractivity contribution in [1.82, 2.24) is 15.2 Å². The van der Waals surface area contributed by atoms with E-state index in [4.69, 9.17) is 4.74 Å². The number of thiophene rings is 1. The van der Waals surface area contributed by atoms with Crippen molar-refractivity contribution in [2.75, 3.05) is 12.4 Å². The quantitative estimate of drug-likeness (QED) is 0.806. The molecule has 88 valence electrons. The van der Waals surface area contributed by atoms with Crippen LogP contribution in [-0.4, -0.2) is 28.2 Å². The fraction of sp³-hybridized carbons (Fsp3) is 0.100. The highest BCUT2D eigenvalue weighted by Gasteiger charge is 2.04. The fourth-order valence-electron chi connectivity index (χ4n) is 1.10. The Morgan fingerprint density at radius 3 is 3.18 bits per heavy atom. The molecule has 0 fully saturated rings. The van der Waals surface area contributed by atoms with Gasteiger partial charge in [-0.05, 0) is 17.5 Å². The molecule has 0 aliphatic carbocycles. The third-order valence-electron chi connectivity index (χ3n) is 1.83. The molecule has 2 aromatic rings. The topological polar surface area (TPSA) is 79.9 Å². The number of carbonyl (C=O) groups excluding carboxylic acids is 1. The number of hydrogen-bond donors (Lipinski definition) is 2. The van der Waals surface area contributed by atoms with Crippen molar-refractivity contribution in [1.29, 1.82) is 0 Å². The van der Waals surface area contributed by atoms with Crippen LogP contribution in [0, 0.1) is 0 Å². The summed E-state index contributed by atoms with van der Waals surface area (Å²) in [6.07, 6.45) is 3.16. The number of rotatable bonds is 4. The summed E-state index contributed by atoms with van der Waals surface area (Å²) in [6.45, 7) is 0. The van der Waals surface area contributed by atoms with Gasteiger partial charge in [-0.25, -0.2) is 5.10 Å². The maximum absolute atomic E-state index is 11.5. The van der Waals surface area contributed by atoms with E-state index < -0.39 is 0 Å². The number of hydrogen-bond acceptors (Lipinski definition) is 5. The van der Waals surface area contributed by atoms with Crippen LogP contribution in [0.4, 0.5) is 5.95 Å². The van der Waals surface area contributed by atoms with Gasteiger partial charge in [-0.1, -0.05) is 6.07 Å². The van der Waals surface area contributed by atoms with Crippen LogP contribution in [0.25, 0.3) is 6.08 Å². The Labute approximate surface area is 101 Å². The first kappa shape index (κ1) is 11.3. The van der Waals surface area contributed by atoms with Gasteiger partial charge in [0.2, 0.25) is 5.95 Å². The van der Waals surface area contributed by atoms with Crippen molar-refractivity contribution < 1.29 is 9.53 Å². The molecule has 0 atom stereocenters. The minimum absolute atomic E-state index is 0.183. The van der Waals surface area contributed by atoms with Crippen molar-refractivity contribution in [3.8, 4) is 6.01 Å². The number of ether oxygens (including phenoxy) is 1. The molecule has 0 saturated carbocycles. The van der Waals surface area contributed by atoms with Gasteiger partial charge in [-0.2, -0.15) is 4.98 Å². The van der Waals surface area contributed by atoms with E-state index in [0.29, 0.717) is 0 Å². The number of methoxy groups -OCH3 is 1. The molecule has 0 saturated heterocycles. The monoisotopic (exact) mass is 250 g/mol. The van der Waals surface area contributed by atoms with Gasteiger partial charge in [0, 0.05) is 11.0 Å². The zero-order chi connectivity index (χ0) is 12.1.